The molecule has 0 aliphatic carbocycles. The number of carbonyl (C=O) groups excluding carboxylic acids is 1. The number of ether oxygens (including phenoxy) is 1. The fourth-order valence-electron chi connectivity index (χ4n) is 2.15. The molecule has 0 heterocycles. The van der Waals surface area contributed by atoms with Crippen LogP contribution < -0.4 is 8.85 Å². The molecule has 1 aromatic rings. The molecule has 0 aromatic heterocycles. The van der Waals surface area contributed by atoms with Crippen molar-refractivity contribution in [2.24, 2.45) is 0 Å². The lowest BCUT2D eigenvalue weighted by molar-refractivity contribution is -0.144. The van der Waals surface area contributed by atoms with Crippen LogP contribution in [0.2, 0.25) is 36.3 Å². The highest BCUT2D eigenvalue weighted by atomic mass is 28.4. The smallest absolute Gasteiger partial charge is 0.303 e. The molecule has 0 amide bonds. The van der Waals surface area contributed by atoms with Crippen LogP contribution in [0.1, 0.15) is 60.1 Å². The fourth-order valence-corrected chi connectivity index (χ4v) is 4.19. The molecule has 6 heteroatoms. The highest BCUT2D eigenvalue weighted by Crippen LogP contribution is 2.44. The van der Waals surface area contributed by atoms with E-state index in [1.165, 1.54) is 6.92 Å². The Balaban J connectivity index is 3.48. The maximum Gasteiger partial charge on any atom is 0.303 e. The van der Waals surface area contributed by atoms with Crippen molar-refractivity contribution in [1.29, 1.82) is 0 Å². The number of benzene rings is 1. The maximum absolute atomic E-state index is 11.5. The third-order valence-corrected chi connectivity index (χ3v) is 14.8. The lowest BCUT2D eigenvalue weighted by Crippen LogP contribution is -2.45. The lowest BCUT2D eigenvalue weighted by atomic mass is 10.1. The van der Waals surface area contributed by atoms with Gasteiger partial charge in [0.25, 0.3) is 16.6 Å². The SMILES string of the molecule is C=C[C@@H](OC(C)=O)c1ccc(O[Si](C)(C)C(C)(C)C)c(O[Si](C)(C)C(C)(C)C)c1. The maximum atomic E-state index is 11.5. The molecule has 1 atom stereocenters. The summed E-state index contributed by atoms with van der Waals surface area (Å²) < 4.78 is 18.7. The first-order valence-electron chi connectivity index (χ1n) is 10.2. The van der Waals surface area contributed by atoms with Crippen LogP contribution in [0.15, 0.2) is 30.9 Å². The Morgan fingerprint density at radius 3 is 1.76 bits per heavy atom. The number of esters is 1. The van der Waals surface area contributed by atoms with E-state index in [9.17, 15) is 4.79 Å². The van der Waals surface area contributed by atoms with E-state index in [2.05, 4.69) is 74.3 Å². The van der Waals surface area contributed by atoms with Gasteiger partial charge in [0.15, 0.2) is 0 Å². The molecule has 0 fully saturated rings. The Kier molecular flexibility index (Phi) is 7.63. The Morgan fingerprint density at radius 1 is 0.931 bits per heavy atom. The Morgan fingerprint density at radius 2 is 1.38 bits per heavy atom. The normalized spacial score (nSPS) is 14.2. The fraction of sp³-hybridized carbons (Fsp3) is 0.609. The first-order valence-corrected chi connectivity index (χ1v) is 16.0. The molecule has 0 aliphatic rings. The average molecular weight is 437 g/mol. The molecule has 164 valence electrons. The molecular formula is C23H40O4Si2. The molecular weight excluding hydrogens is 396 g/mol. The number of hydrogen-bond acceptors (Lipinski definition) is 4. The van der Waals surface area contributed by atoms with E-state index in [4.69, 9.17) is 13.6 Å². The van der Waals surface area contributed by atoms with E-state index >= 15 is 0 Å². The molecule has 0 saturated heterocycles. The van der Waals surface area contributed by atoms with Gasteiger partial charge in [-0.25, -0.2) is 0 Å². The quantitative estimate of drug-likeness (QED) is 0.256. The summed E-state index contributed by atoms with van der Waals surface area (Å²) in [5, 5.41) is 0.117. The van der Waals surface area contributed by atoms with Crippen molar-refractivity contribution >= 4 is 22.6 Å². The highest BCUT2D eigenvalue weighted by Gasteiger charge is 2.42. The van der Waals surface area contributed by atoms with Gasteiger partial charge in [0.2, 0.25) is 0 Å². The molecule has 0 N–H and O–H groups in total. The van der Waals surface area contributed by atoms with Crippen molar-refractivity contribution < 1.29 is 18.4 Å². The van der Waals surface area contributed by atoms with E-state index in [0.717, 1.165) is 17.1 Å². The summed E-state index contributed by atoms with van der Waals surface area (Å²) in [4.78, 5) is 11.5. The van der Waals surface area contributed by atoms with Crippen LogP contribution in [-0.4, -0.2) is 22.6 Å². The molecule has 0 spiro atoms. The molecule has 29 heavy (non-hydrogen) atoms. The van der Waals surface area contributed by atoms with Crippen molar-refractivity contribution in [3.05, 3.63) is 36.4 Å². The number of hydrogen-bond donors (Lipinski definition) is 0. The van der Waals surface area contributed by atoms with E-state index in [1.807, 2.05) is 18.2 Å². The second-order valence-corrected chi connectivity index (χ2v) is 20.1. The minimum Gasteiger partial charge on any atom is -0.541 e. The van der Waals surface area contributed by atoms with Crippen LogP contribution in [0, 0.1) is 0 Å². The zero-order valence-electron chi connectivity index (χ0n) is 20.2. The first kappa shape index (κ1) is 25.5. The van der Waals surface area contributed by atoms with Crippen LogP contribution >= 0.6 is 0 Å². The second-order valence-electron chi connectivity index (χ2n) is 10.7. The molecule has 0 radical (unpaired) electrons. The van der Waals surface area contributed by atoms with Gasteiger partial charge < -0.3 is 13.6 Å². The van der Waals surface area contributed by atoms with Gasteiger partial charge in [0.1, 0.15) is 17.6 Å². The molecule has 1 rings (SSSR count). The van der Waals surface area contributed by atoms with Gasteiger partial charge in [-0.05, 0) is 54.5 Å². The standard InChI is InChI=1S/C23H40O4Si2/c1-13-19(25-17(2)24)18-14-15-20(26-28(9,10)22(3,4)5)21(16-18)27-29(11,12)23(6,7)8/h13-16,19H,1H2,2-12H3/t19-/m1/s1. The number of rotatable bonds is 7. The summed E-state index contributed by atoms with van der Waals surface area (Å²) in [5.41, 5.74) is 0.825. The van der Waals surface area contributed by atoms with E-state index in [-0.39, 0.29) is 16.0 Å². The zero-order valence-corrected chi connectivity index (χ0v) is 22.2. The molecule has 0 bridgehead atoms. The van der Waals surface area contributed by atoms with Crippen LogP contribution in [0.3, 0.4) is 0 Å². The van der Waals surface area contributed by atoms with Crippen molar-refractivity contribution in [2.45, 2.75) is 90.8 Å². The summed E-state index contributed by atoms with van der Waals surface area (Å²) in [6.07, 6.45) is 1.11. The summed E-state index contributed by atoms with van der Waals surface area (Å²) in [6, 6.07) is 5.81. The third kappa shape index (κ3) is 6.47. The second kappa shape index (κ2) is 8.68. The molecule has 0 saturated carbocycles. The van der Waals surface area contributed by atoms with Gasteiger partial charge >= 0.3 is 5.97 Å². The van der Waals surface area contributed by atoms with Gasteiger partial charge in [-0.2, -0.15) is 0 Å². The monoisotopic (exact) mass is 436 g/mol. The predicted molar refractivity (Wildman–Crippen MR) is 127 cm³/mol. The molecule has 0 aliphatic heterocycles. The Labute approximate surface area is 179 Å². The summed E-state index contributed by atoms with van der Waals surface area (Å²) >= 11 is 0. The predicted octanol–water partition coefficient (Wildman–Crippen LogP) is 7.24. The third-order valence-electron chi connectivity index (χ3n) is 6.15. The van der Waals surface area contributed by atoms with Crippen LogP contribution in [0.5, 0.6) is 11.5 Å². The van der Waals surface area contributed by atoms with Gasteiger partial charge in [-0.15, -0.1) is 0 Å². The molecule has 1 aromatic carbocycles. The Hall–Kier alpha value is -1.54. The number of carbonyl (C=O) groups is 1. The van der Waals surface area contributed by atoms with Gasteiger partial charge in [-0.1, -0.05) is 54.2 Å². The van der Waals surface area contributed by atoms with Crippen molar-refractivity contribution in [3.63, 3.8) is 0 Å². The summed E-state index contributed by atoms with van der Waals surface area (Å²) in [5.74, 6) is 1.14. The topological polar surface area (TPSA) is 44.8 Å². The van der Waals surface area contributed by atoms with Crippen LogP contribution in [0.4, 0.5) is 0 Å². The van der Waals surface area contributed by atoms with E-state index < -0.39 is 22.7 Å². The highest BCUT2D eigenvalue weighted by molar-refractivity contribution is 6.75. The van der Waals surface area contributed by atoms with Crippen molar-refractivity contribution in [1.82, 2.24) is 0 Å². The van der Waals surface area contributed by atoms with Crippen molar-refractivity contribution in [2.75, 3.05) is 0 Å². The van der Waals surface area contributed by atoms with E-state index in [0.29, 0.717) is 0 Å². The Bertz CT molecular complexity index is 740. The van der Waals surface area contributed by atoms with Crippen molar-refractivity contribution in [3.8, 4) is 11.5 Å². The average Bonchev–Trinajstić information content (AvgIpc) is 2.51. The van der Waals surface area contributed by atoms with Crippen LogP contribution in [-0.2, 0) is 9.53 Å². The van der Waals surface area contributed by atoms with Gasteiger partial charge in [0, 0.05) is 12.5 Å². The first-order chi connectivity index (χ1) is 12.9. The van der Waals surface area contributed by atoms with E-state index in [1.54, 1.807) is 6.08 Å². The summed E-state index contributed by atoms with van der Waals surface area (Å²) in [7, 11) is -4.14. The minimum atomic E-state index is -2.10. The largest absolute Gasteiger partial charge is 0.541 e. The molecule has 0 unspecified atom stereocenters. The summed E-state index contributed by atoms with van der Waals surface area (Å²) in [6.45, 7) is 27.4. The van der Waals surface area contributed by atoms with Gasteiger partial charge in [-0.3, -0.25) is 4.79 Å². The van der Waals surface area contributed by atoms with Crippen LogP contribution in [0.25, 0.3) is 0 Å². The molecule has 4 nitrogen and oxygen atoms in total. The lowest BCUT2D eigenvalue weighted by Gasteiger charge is -2.40. The minimum absolute atomic E-state index is 0.0466. The van der Waals surface area contributed by atoms with Gasteiger partial charge in [0.05, 0.1) is 0 Å². The zero-order chi connectivity index (χ0) is 22.8.